The summed E-state index contributed by atoms with van der Waals surface area (Å²) in [7, 11) is 1.90. The van der Waals surface area contributed by atoms with Crippen molar-refractivity contribution < 1.29 is 0 Å². The summed E-state index contributed by atoms with van der Waals surface area (Å²) in [6.45, 7) is 0.730. The zero-order valence-corrected chi connectivity index (χ0v) is 11.1. The number of aryl methyl sites for hydroxylation is 1. The lowest BCUT2D eigenvalue weighted by Gasteiger charge is -2.05. The van der Waals surface area contributed by atoms with Gasteiger partial charge in [0.05, 0.1) is 11.9 Å². The monoisotopic (exact) mass is 269 g/mol. The maximum absolute atomic E-state index is 11.1. The standard InChI is InChI=1S/C14H15N5O/c1-19-9-10(8-16-19)7-15-12-4-2-11(3-5-12)13-6-14(20)18-17-13/h2-6,8-9,15H,7H2,1H3,(H2,17,18,20). The molecule has 0 atom stereocenters. The summed E-state index contributed by atoms with van der Waals surface area (Å²) in [6.07, 6.45) is 3.82. The Morgan fingerprint density at radius 1 is 1.25 bits per heavy atom. The van der Waals surface area contributed by atoms with Gasteiger partial charge in [0.25, 0.3) is 5.56 Å². The van der Waals surface area contributed by atoms with Crippen LogP contribution in [0.2, 0.25) is 0 Å². The third kappa shape index (κ3) is 2.64. The Kier molecular flexibility index (Phi) is 3.12. The molecular weight excluding hydrogens is 254 g/mol. The number of aromatic nitrogens is 4. The van der Waals surface area contributed by atoms with Crippen LogP contribution >= 0.6 is 0 Å². The maximum atomic E-state index is 11.1. The minimum Gasteiger partial charge on any atom is -0.381 e. The van der Waals surface area contributed by atoms with Gasteiger partial charge in [-0.25, -0.2) is 0 Å². The molecule has 6 nitrogen and oxygen atoms in total. The minimum atomic E-state index is -0.126. The van der Waals surface area contributed by atoms with E-state index >= 15 is 0 Å². The number of hydrogen-bond donors (Lipinski definition) is 3. The average molecular weight is 269 g/mol. The molecule has 0 unspecified atom stereocenters. The minimum absolute atomic E-state index is 0.126. The number of nitrogens with zero attached hydrogens (tertiary/aromatic N) is 2. The zero-order valence-electron chi connectivity index (χ0n) is 11.1. The van der Waals surface area contributed by atoms with E-state index in [1.54, 1.807) is 4.68 Å². The van der Waals surface area contributed by atoms with Crippen molar-refractivity contribution in [2.45, 2.75) is 6.54 Å². The quantitative estimate of drug-likeness (QED) is 0.674. The number of anilines is 1. The van der Waals surface area contributed by atoms with Crippen molar-refractivity contribution in [2.75, 3.05) is 5.32 Å². The van der Waals surface area contributed by atoms with Gasteiger partial charge in [-0.3, -0.25) is 19.7 Å². The molecule has 20 heavy (non-hydrogen) atoms. The van der Waals surface area contributed by atoms with Gasteiger partial charge in [-0.05, 0) is 17.7 Å². The third-order valence-corrected chi connectivity index (χ3v) is 3.05. The molecule has 0 aliphatic rings. The fourth-order valence-corrected chi connectivity index (χ4v) is 2.02. The van der Waals surface area contributed by atoms with E-state index in [1.807, 2.05) is 43.7 Å². The lowest BCUT2D eigenvalue weighted by atomic mass is 10.1. The highest BCUT2D eigenvalue weighted by Gasteiger charge is 2.01. The highest BCUT2D eigenvalue weighted by Crippen LogP contribution is 2.18. The Hall–Kier alpha value is -2.76. The summed E-state index contributed by atoms with van der Waals surface area (Å²) >= 11 is 0. The van der Waals surface area contributed by atoms with Crippen LogP contribution in [0.15, 0.2) is 47.5 Å². The Morgan fingerprint density at radius 2 is 2.05 bits per heavy atom. The molecule has 1 aromatic carbocycles. The first kappa shape index (κ1) is 12.3. The molecule has 0 amide bonds. The van der Waals surface area contributed by atoms with Crippen LogP contribution in [0, 0.1) is 0 Å². The Balaban J connectivity index is 1.68. The van der Waals surface area contributed by atoms with E-state index in [-0.39, 0.29) is 5.56 Å². The summed E-state index contributed by atoms with van der Waals surface area (Å²) in [4.78, 5) is 11.1. The van der Waals surface area contributed by atoms with Crippen LogP contribution in [-0.4, -0.2) is 20.0 Å². The number of benzene rings is 1. The van der Waals surface area contributed by atoms with Crippen molar-refractivity contribution in [1.82, 2.24) is 20.0 Å². The molecule has 2 heterocycles. The van der Waals surface area contributed by atoms with Crippen molar-refractivity contribution in [1.29, 1.82) is 0 Å². The van der Waals surface area contributed by atoms with Gasteiger partial charge in [0.15, 0.2) is 0 Å². The van der Waals surface area contributed by atoms with Crippen LogP contribution < -0.4 is 10.9 Å². The van der Waals surface area contributed by atoms with E-state index in [1.165, 1.54) is 6.07 Å². The summed E-state index contributed by atoms with van der Waals surface area (Å²) in [6, 6.07) is 9.43. The van der Waals surface area contributed by atoms with Crippen molar-refractivity contribution in [3.8, 4) is 11.3 Å². The summed E-state index contributed by atoms with van der Waals surface area (Å²) in [5, 5.41) is 12.8. The lowest BCUT2D eigenvalue weighted by Crippen LogP contribution is -1.98. The molecule has 3 N–H and O–H groups in total. The highest BCUT2D eigenvalue weighted by molar-refractivity contribution is 5.62. The van der Waals surface area contributed by atoms with Crippen molar-refractivity contribution in [3.05, 3.63) is 58.6 Å². The van der Waals surface area contributed by atoms with E-state index < -0.39 is 0 Å². The van der Waals surface area contributed by atoms with Crippen LogP contribution in [-0.2, 0) is 13.6 Å². The van der Waals surface area contributed by atoms with E-state index in [4.69, 9.17) is 0 Å². The normalized spacial score (nSPS) is 10.7. The van der Waals surface area contributed by atoms with Crippen LogP contribution in [0.25, 0.3) is 11.3 Å². The number of rotatable bonds is 4. The molecule has 102 valence electrons. The number of H-pyrrole nitrogens is 2. The molecule has 0 fully saturated rings. The van der Waals surface area contributed by atoms with E-state index in [0.717, 1.165) is 29.1 Å². The Labute approximate surface area is 115 Å². The van der Waals surface area contributed by atoms with Crippen LogP contribution in [0.5, 0.6) is 0 Å². The smallest absolute Gasteiger partial charge is 0.264 e. The van der Waals surface area contributed by atoms with Gasteiger partial charge in [-0.15, -0.1) is 0 Å². The maximum Gasteiger partial charge on any atom is 0.264 e. The molecule has 0 saturated carbocycles. The fourth-order valence-electron chi connectivity index (χ4n) is 2.02. The summed E-state index contributed by atoms with van der Waals surface area (Å²) in [5.41, 5.74) is 3.78. The van der Waals surface area contributed by atoms with Gasteiger partial charge in [0.2, 0.25) is 0 Å². The first-order valence-corrected chi connectivity index (χ1v) is 6.30. The average Bonchev–Trinajstić information content (AvgIpc) is 3.06. The van der Waals surface area contributed by atoms with Gasteiger partial charge in [-0.2, -0.15) is 5.10 Å². The molecule has 0 aliphatic heterocycles. The summed E-state index contributed by atoms with van der Waals surface area (Å²) < 4.78 is 1.78. The molecule has 0 radical (unpaired) electrons. The fraction of sp³-hybridized carbons (Fsp3) is 0.143. The van der Waals surface area contributed by atoms with E-state index in [2.05, 4.69) is 20.6 Å². The van der Waals surface area contributed by atoms with Crippen molar-refractivity contribution in [2.24, 2.45) is 7.05 Å². The molecule has 3 aromatic rings. The number of aromatic amines is 2. The third-order valence-electron chi connectivity index (χ3n) is 3.05. The molecule has 0 aliphatic carbocycles. The highest BCUT2D eigenvalue weighted by atomic mass is 16.1. The van der Waals surface area contributed by atoms with Gasteiger partial charge >= 0.3 is 0 Å². The molecule has 0 bridgehead atoms. The molecule has 2 aromatic heterocycles. The van der Waals surface area contributed by atoms with Gasteiger partial charge in [0.1, 0.15) is 0 Å². The van der Waals surface area contributed by atoms with Crippen LogP contribution in [0.3, 0.4) is 0 Å². The number of nitrogens with one attached hydrogen (secondary N) is 3. The predicted octanol–water partition coefficient (Wildman–Crippen LogP) is 1.72. The molecule has 3 rings (SSSR count). The summed E-state index contributed by atoms with van der Waals surface area (Å²) in [5.74, 6) is 0. The lowest BCUT2D eigenvalue weighted by molar-refractivity contribution is 0.767. The van der Waals surface area contributed by atoms with E-state index in [9.17, 15) is 4.79 Å². The second-order valence-electron chi connectivity index (χ2n) is 4.63. The first-order valence-electron chi connectivity index (χ1n) is 6.30. The van der Waals surface area contributed by atoms with Gasteiger partial charge in [-0.1, -0.05) is 12.1 Å². The molecule has 0 saturated heterocycles. The molecule has 6 heteroatoms. The van der Waals surface area contributed by atoms with Crippen molar-refractivity contribution in [3.63, 3.8) is 0 Å². The second-order valence-corrected chi connectivity index (χ2v) is 4.63. The van der Waals surface area contributed by atoms with Crippen LogP contribution in [0.4, 0.5) is 5.69 Å². The zero-order chi connectivity index (χ0) is 13.9. The molecular formula is C14H15N5O. The number of hydrogen-bond acceptors (Lipinski definition) is 3. The Morgan fingerprint density at radius 3 is 2.65 bits per heavy atom. The van der Waals surface area contributed by atoms with Gasteiger partial charge < -0.3 is 5.32 Å². The molecule has 0 spiro atoms. The van der Waals surface area contributed by atoms with Crippen molar-refractivity contribution >= 4 is 5.69 Å². The van der Waals surface area contributed by atoms with E-state index in [0.29, 0.717) is 0 Å². The predicted molar refractivity (Wildman–Crippen MR) is 77.4 cm³/mol. The van der Waals surface area contributed by atoms with Gasteiger partial charge in [0, 0.05) is 37.1 Å². The first-order chi connectivity index (χ1) is 9.70. The second kappa shape index (κ2) is 5.08. The SMILES string of the molecule is Cn1cc(CNc2ccc(-c3cc(=O)[nH][nH]3)cc2)cn1. The van der Waals surface area contributed by atoms with Crippen LogP contribution in [0.1, 0.15) is 5.56 Å². The topological polar surface area (TPSA) is 78.5 Å². The largest absolute Gasteiger partial charge is 0.381 e. The Bertz CT molecular complexity index is 750.